The van der Waals surface area contributed by atoms with Gasteiger partial charge >= 0.3 is 0 Å². The van der Waals surface area contributed by atoms with Crippen molar-refractivity contribution in [2.24, 2.45) is 0 Å². The van der Waals surface area contributed by atoms with Gasteiger partial charge in [-0.2, -0.15) is 0 Å². The van der Waals surface area contributed by atoms with Gasteiger partial charge in [-0.25, -0.2) is 0 Å². The molecule has 1 unspecified atom stereocenters. The molecule has 0 N–H and O–H groups in total. The highest BCUT2D eigenvalue weighted by Gasteiger charge is 2.42. The third-order valence-corrected chi connectivity index (χ3v) is 5.89. The van der Waals surface area contributed by atoms with E-state index in [1.807, 2.05) is 6.07 Å². The highest BCUT2D eigenvalue weighted by Crippen LogP contribution is 2.41. The molecule has 0 saturated heterocycles. The van der Waals surface area contributed by atoms with E-state index < -0.39 is 6.04 Å². The Bertz CT molecular complexity index is 1200. The molecule has 31 heavy (non-hydrogen) atoms. The predicted octanol–water partition coefficient (Wildman–Crippen LogP) is 4.15. The number of rotatable bonds is 7. The SMILES string of the molecule is COCCCN1C(=O)c2oc3ccc(Br)cc3c(=O)c2C1c1ccc(OC)c(OC)c1. The van der Waals surface area contributed by atoms with Gasteiger partial charge in [0.1, 0.15) is 5.58 Å². The molecular formula is C23H22BrNO6. The molecule has 1 amide bonds. The van der Waals surface area contributed by atoms with E-state index in [-0.39, 0.29) is 17.1 Å². The van der Waals surface area contributed by atoms with Crippen LogP contribution in [0.3, 0.4) is 0 Å². The molecule has 1 aromatic heterocycles. The quantitative estimate of drug-likeness (QED) is 0.465. The molecular weight excluding hydrogens is 466 g/mol. The van der Waals surface area contributed by atoms with Crippen LogP contribution in [0.2, 0.25) is 0 Å². The van der Waals surface area contributed by atoms with Crippen molar-refractivity contribution in [3.8, 4) is 11.5 Å². The van der Waals surface area contributed by atoms with E-state index in [9.17, 15) is 9.59 Å². The summed E-state index contributed by atoms with van der Waals surface area (Å²) in [4.78, 5) is 28.5. The largest absolute Gasteiger partial charge is 0.493 e. The van der Waals surface area contributed by atoms with Gasteiger partial charge in [0.2, 0.25) is 5.76 Å². The lowest BCUT2D eigenvalue weighted by atomic mass is 9.98. The molecule has 162 valence electrons. The predicted molar refractivity (Wildman–Crippen MR) is 119 cm³/mol. The Labute approximate surface area is 187 Å². The molecule has 7 nitrogen and oxygen atoms in total. The molecule has 0 bridgehead atoms. The summed E-state index contributed by atoms with van der Waals surface area (Å²) in [6.07, 6.45) is 0.624. The molecule has 8 heteroatoms. The van der Waals surface area contributed by atoms with Crippen LogP contribution in [0, 0.1) is 0 Å². The van der Waals surface area contributed by atoms with E-state index >= 15 is 0 Å². The molecule has 0 radical (unpaired) electrons. The van der Waals surface area contributed by atoms with Gasteiger partial charge in [0.15, 0.2) is 16.9 Å². The second kappa shape index (κ2) is 8.72. The van der Waals surface area contributed by atoms with E-state index in [1.165, 1.54) is 0 Å². The fraction of sp³-hybridized carbons (Fsp3) is 0.304. The van der Waals surface area contributed by atoms with Crippen molar-refractivity contribution in [1.82, 2.24) is 4.90 Å². The lowest BCUT2D eigenvalue weighted by Gasteiger charge is -2.25. The third-order valence-electron chi connectivity index (χ3n) is 5.40. The topological polar surface area (TPSA) is 78.2 Å². The summed E-state index contributed by atoms with van der Waals surface area (Å²) in [5.74, 6) is 0.853. The second-order valence-corrected chi connectivity index (χ2v) is 8.09. The zero-order valence-corrected chi connectivity index (χ0v) is 19.0. The minimum atomic E-state index is -0.598. The summed E-state index contributed by atoms with van der Waals surface area (Å²) < 4.78 is 22.6. The van der Waals surface area contributed by atoms with Gasteiger partial charge in [-0.1, -0.05) is 22.0 Å². The van der Waals surface area contributed by atoms with Crippen LogP contribution in [0.15, 0.2) is 50.1 Å². The molecule has 1 aliphatic heterocycles. The summed E-state index contributed by atoms with van der Waals surface area (Å²) >= 11 is 3.41. The molecule has 0 aliphatic carbocycles. The number of carbonyl (C=O) groups is 1. The van der Waals surface area contributed by atoms with E-state index in [0.717, 1.165) is 10.0 Å². The van der Waals surface area contributed by atoms with Gasteiger partial charge in [0, 0.05) is 24.7 Å². The highest BCUT2D eigenvalue weighted by atomic mass is 79.9. The minimum Gasteiger partial charge on any atom is -0.493 e. The average Bonchev–Trinajstić information content (AvgIpc) is 3.06. The zero-order valence-electron chi connectivity index (χ0n) is 17.4. The molecule has 0 fully saturated rings. The van der Waals surface area contributed by atoms with Crippen molar-refractivity contribution >= 4 is 32.8 Å². The second-order valence-electron chi connectivity index (χ2n) is 7.18. The number of benzene rings is 2. The lowest BCUT2D eigenvalue weighted by molar-refractivity contribution is 0.0707. The van der Waals surface area contributed by atoms with Crippen LogP contribution in [-0.2, 0) is 4.74 Å². The molecule has 0 saturated carbocycles. The van der Waals surface area contributed by atoms with E-state index in [1.54, 1.807) is 56.6 Å². The average molecular weight is 488 g/mol. The van der Waals surface area contributed by atoms with Gasteiger partial charge in [0.05, 0.1) is 31.2 Å². The summed E-state index contributed by atoms with van der Waals surface area (Å²) in [5, 5.41) is 0.421. The van der Waals surface area contributed by atoms with Crippen molar-refractivity contribution < 1.29 is 23.4 Å². The number of fused-ring (bicyclic) bond motifs is 2. The third kappa shape index (κ3) is 3.70. The van der Waals surface area contributed by atoms with Crippen molar-refractivity contribution in [2.75, 3.05) is 34.5 Å². The van der Waals surface area contributed by atoms with Crippen molar-refractivity contribution in [2.45, 2.75) is 12.5 Å². The maximum atomic E-state index is 13.5. The number of carbonyl (C=O) groups excluding carboxylic acids is 1. The van der Waals surface area contributed by atoms with Crippen molar-refractivity contribution in [1.29, 1.82) is 0 Å². The first-order valence-electron chi connectivity index (χ1n) is 9.78. The van der Waals surface area contributed by atoms with E-state index in [4.69, 9.17) is 18.6 Å². The Kier molecular flexibility index (Phi) is 6.02. The molecule has 3 aromatic rings. The van der Waals surface area contributed by atoms with Crippen LogP contribution in [-0.4, -0.2) is 45.3 Å². The van der Waals surface area contributed by atoms with Crippen LogP contribution in [0.5, 0.6) is 11.5 Å². The molecule has 0 spiro atoms. The number of hydrogen-bond acceptors (Lipinski definition) is 6. The van der Waals surface area contributed by atoms with Gasteiger partial charge < -0.3 is 23.5 Å². The first kappa shape index (κ1) is 21.4. The normalized spacial score (nSPS) is 15.4. The number of ether oxygens (including phenoxy) is 3. The Morgan fingerprint density at radius 3 is 2.52 bits per heavy atom. The molecule has 2 heterocycles. The highest BCUT2D eigenvalue weighted by molar-refractivity contribution is 9.10. The maximum Gasteiger partial charge on any atom is 0.290 e. The molecule has 4 rings (SSSR count). The first-order valence-corrected chi connectivity index (χ1v) is 10.6. The molecule has 2 aromatic carbocycles. The minimum absolute atomic E-state index is 0.0806. The van der Waals surface area contributed by atoms with Crippen LogP contribution in [0.4, 0.5) is 0 Å². The Morgan fingerprint density at radius 1 is 1.03 bits per heavy atom. The van der Waals surface area contributed by atoms with Crippen LogP contribution >= 0.6 is 15.9 Å². The van der Waals surface area contributed by atoms with Gasteiger partial charge in [-0.05, 0) is 42.3 Å². The number of hydrogen-bond donors (Lipinski definition) is 0. The summed E-state index contributed by atoms with van der Waals surface area (Å²) in [5.41, 5.74) is 1.23. The van der Waals surface area contributed by atoms with E-state index in [2.05, 4.69) is 15.9 Å². The number of halogens is 1. The molecule has 1 aliphatic rings. The van der Waals surface area contributed by atoms with Gasteiger partial charge in [-0.3, -0.25) is 9.59 Å². The number of nitrogens with zero attached hydrogens (tertiary/aromatic N) is 1. The van der Waals surface area contributed by atoms with Crippen LogP contribution < -0.4 is 14.9 Å². The fourth-order valence-electron chi connectivity index (χ4n) is 3.97. The number of methoxy groups -OCH3 is 3. The monoisotopic (exact) mass is 487 g/mol. The Balaban J connectivity index is 1.93. The van der Waals surface area contributed by atoms with Crippen LogP contribution in [0.1, 0.15) is 34.1 Å². The smallest absolute Gasteiger partial charge is 0.290 e. The number of amides is 1. The van der Waals surface area contributed by atoms with Gasteiger partial charge in [-0.15, -0.1) is 0 Å². The first-order chi connectivity index (χ1) is 15.0. The van der Waals surface area contributed by atoms with E-state index in [0.29, 0.717) is 47.6 Å². The summed E-state index contributed by atoms with van der Waals surface area (Å²) in [6.45, 7) is 0.907. The maximum absolute atomic E-state index is 13.5. The fourth-order valence-corrected chi connectivity index (χ4v) is 4.33. The molecule has 1 atom stereocenters. The Morgan fingerprint density at radius 2 is 1.81 bits per heavy atom. The lowest BCUT2D eigenvalue weighted by Crippen LogP contribution is -2.31. The Hall–Kier alpha value is -2.84. The van der Waals surface area contributed by atoms with Crippen molar-refractivity contribution in [3.05, 3.63) is 68.0 Å². The van der Waals surface area contributed by atoms with Crippen molar-refractivity contribution in [3.63, 3.8) is 0 Å². The summed E-state index contributed by atoms with van der Waals surface area (Å²) in [7, 11) is 4.72. The van der Waals surface area contributed by atoms with Gasteiger partial charge in [0.25, 0.3) is 5.91 Å². The zero-order chi connectivity index (χ0) is 22.1. The van der Waals surface area contributed by atoms with Crippen LogP contribution in [0.25, 0.3) is 11.0 Å². The summed E-state index contributed by atoms with van der Waals surface area (Å²) in [6, 6.07) is 9.97. The standard InChI is InChI=1S/C23H22BrNO6/c1-28-10-4-9-25-20(13-5-7-17(29-2)18(11-13)30-3)19-21(26)15-12-14(24)6-8-16(15)31-22(19)23(25)27/h5-8,11-12,20H,4,9-10H2,1-3H3.